The van der Waals surface area contributed by atoms with Gasteiger partial charge >= 0.3 is 5.97 Å². The van der Waals surface area contributed by atoms with Crippen LogP contribution in [0.5, 0.6) is 0 Å². The van der Waals surface area contributed by atoms with Crippen molar-refractivity contribution in [1.82, 2.24) is 0 Å². The van der Waals surface area contributed by atoms with Gasteiger partial charge in [-0.1, -0.05) is 19.1 Å². The van der Waals surface area contributed by atoms with Crippen LogP contribution >= 0.6 is 0 Å². The first-order valence-corrected chi connectivity index (χ1v) is 12.5. The van der Waals surface area contributed by atoms with Crippen molar-refractivity contribution in [2.75, 3.05) is 7.11 Å². The van der Waals surface area contributed by atoms with Gasteiger partial charge in [0.15, 0.2) is 0 Å². The summed E-state index contributed by atoms with van der Waals surface area (Å²) in [5, 5.41) is 0. The molecule has 0 saturated carbocycles. The van der Waals surface area contributed by atoms with Gasteiger partial charge in [-0.05, 0) is 139 Å². The Morgan fingerprint density at radius 1 is 0.774 bits per heavy atom. The Morgan fingerprint density at radius 3 is 2.03 bits per heavy atom. The van der Waals surface area contributed by atoms with E-state index in [4.69, 9.17) is 4.74 Å². The monoisotopic (exact) mass is 414 g/mol. The lowest BCUT2D eigenvalue weighted by Gasteiger charge is -2.23. The molecule has 0 unspecified atom stereocenters. The summed E-state index contributed by atoms with van der Waals surface area (Å²) >= 11 is 0. The predicted octanol–water partition coefficient (Wildman–Crippen LogP) is 5.68. The molecule has 0 fully saturated rings. The molecule has 31 heavy (non-hydrogen) atoms. The summed E-state index contributed by atoms with van der Waals surface area (Å²) in [4.78, 5) is 12.9. The summed E-state index contributed by atoms with van der Waals surface area (Å²) in [7, 11) is 1.55. The lowest BCUT2D eigenvalue weighted by Crippen LogP contribution is -2.22. The van der Waals surface area contributed by atoms with Crippen molar-refractivity contribution in [3.8, 4) is 0 Å². The molecule has 4 aliphatic rings. The molecule has 0 amide bonds. The van der Waals surface area contributed by atoms with Gasteiger partial charge in [0.1, 0.15) is 0 Å². The molecule has 2 nitrogen and oxygen atoms in total. The fraction of sp³-hybridized carbons (Fsp3) is 0.552. The number of esters is 1. The minimum Gasteiger partial charge on any atom is -0.465 e. The Labute approximate surface area is 186 Å². The number of ether oxygens (including phenoxy) is 1. The zero-order valence-electron chi connectivity index (χ0n) is 19.2. The summed E-state index contributed by atoms with van der Waals surface area (Å²) in [5.74, 6) is -0.104. The number of methoxy groups -OCH3 is 1. The number of hydrogen-bond acceptors (Lipinski definition) is 2. The van der Waals surface area contributed by atoms with Crippen LogP contribution in [0.2, 0.25) is 0 Å². The lowest BCUT2D eigenvalue weighted by molar-refractivity contribution is 0.0597. The number of hydrogen-bond donors (Lipinski definition) is 0. The van der Waals surface area contributed by atoms with E-state index in [0.717, 1.165) is 37.7 Å². The summed E-state index contributed by atoms with van der Waals surface area (Å²) in [5.41, 5.74) is 15.0. The average Bonchev–Trinajstić information content (AvgIpc) is 3.32. The van der Waals surface area contributed by atoms with Gasteiger partial charge in [0, 0.05) is 0 Å². The van der Waals surface area contributed by atoms with E-state index in [9.17, 15) is 4.79 Å². The first-order chi connectivity index (χ1) is 15.1. The molecule has 1 atom stereocenters. The van der Waals surface area contributed by atoms with Crippen molar-refractivity contribution in [3.05, 3.63) is 67.8 Å². The minimum absolute atomic E-state index is 0.104. The van der Waals surface area contributed by atoms with Crippen molar-refractivity contribution in [2.24, 2.45) is 5.41 Å². The molecular weight excluding hydrogens is 380 g/mol. The molecule has 0 aromatic heterocycles. The van der Waals surface area contributed by atoms with Gasteiger partial charge in [0.05, 0.1) is 12.7 Å². The van der Waals surface area contributed by atoms with Crippen LogP contribution in [0.25, 0.3) is 0 Å². The number of fused-ring (bicyclic) bond motifs is 4. The molecule has 0 N–H and O–H groups in total. The largest absolute Gasteiger partial charge is 0.465 e. The molecule has 0 bridgehead atoms. The number of benzene rings is 2. The van der Waals surface area contributed by atoms with Crippen molar-refractivity contribution in [1.29, 1.82) is 0 Å². The quantitative estimate of drug-likeness (QED) is 0.591. The smallest absolute Gasteiger partial charge is 0.338 e. The SMILES string of the molecule is CCc1c2c(cc3c1C[C@@]1(C3)Cc3cc4c(c(C(=O)OC)c3C1)CCCC4)CCCC2. The van der Waals surface area contributed by atoms with Crippen molar-refractivity contribution >= 4 is 5.97 Å². The summed E-state index contributed by atoms with van der Waals surface area (Å²) < 4.78 is 5.31. The van der Waals surface area contributed by atoms with Crippen LogP contribution in [-0.2, 0) is 62.5 Å². The van der Waals surface area contributed by atoms with E-state index < -0.39 is 0 Å². The number of carbonyl (C=O) groups excluding carboxylic acids is 1. The molecule has 1 spiro atoms. The Hall–Kier alpha value is -2.09. The minimum atomic E-state index is -0.104. The Bertz CT molecular complexity index is 1090. The molecule has 6 rings (SSSR count). The molecule has 0 radical (unpaired) electrons. The third kappa shape index (κ3) is 2.93. The Kier molecular flexibility index (Phi) is 4.56. The molecule has 0 heterocycles. The molecule has 4 aliphatic carbocycles. The number of aryl methyl sites for hydroxylation is 2. The van der Waals surface area contributed by atoms with Crippen molar-refractivity contribution < 1.29 is 9.53 Å². The summed E-state index contributed by atoms with van der Waals surface area (Å²) in [6, 6.07) is 5.05. The van der Waals surface area contributed by atoms with Crippen LogP contribution in [0.1, 0.15) is 93.0 Å². The third-order valence-electron chi connectivity index (χ3n) is 8.80. The number of rotatable bonds is 2. The van der Waals surface area contributed by atoms with E-state index in [1.807, 2.05) is 0 Å². The Balaban J connectivity index is 1.43. The fourth-order valence-electron chi connectivity index (χ4n) is 7.57. The van der Waals surface area contributed by atoms with Gasteiger partial charge in [0.2, 0.25) is 0 Å². The molecule has 0 aliphatic heterocycles. The molecular formula is C29H34O2. The van der Waals surface area contributed by atoms with E-state index in [1.54, 1.807) is 34.9 Å². The van der Waals surface area contributed by atoms with E-state index in [0.29, 0.717) is 0 Å². The maximum Gasteiger partial charge on any atom is 0.338 e. The predicted molar refractivity (Wildman–Crippen MR) is 124 cm³/mol. The Morgan fingerprint density at radius 2 is 1.35 bits per heavy atom. The third-order valence-corrected chi connectivity index (χ3v) is 8.80. The zero-order valence-corrected chi connectivity index (χ0v) is 19.2. The van der Waals surface area contributed by atoms with Gasteiger partial charge in [-0.15, -0.1) is 0 Å². The highest BCUT2D eigenvalue weighted by Crippen LogP contribution is 2.51. The number of carbonyl (C=O) groups is 1. The molecule has 2 heteroatoms. The summed E-state index contributed by atoms with van der Waals surface area (Å²) in [6.45, 7) is 2.35. The maximum atomic E-state index is 12.9. The first kappa shape index (κ1) is 19.6. The fourth-order valence-corrected chi connectivity index (χ4v) is 7.57. The van der Waals surface area contributed by atoms with Crippen LogP contribution in [0.15, 0.2) is 12.1 Å². The molecule has 0 saturated heterocycles. The van der Waals surface area contributed by atoms with Gasteiger partial charge in [0.25, 0.3) is 0 Å². The molecule has 2 aromatic carbocycles. The van der Waals surface area contributed by atoms with Gasteiger partial charge in [-0.25, -0.2) is 4.79 Å². The van der Waals surface area contributed by atoms with E-state index in [-0.39, 0.29) is 11.4 Å². The van der Waals surface area contributed by atoms with E-state index in [1.165, 1.54) is 73.6 Å². The highest BCUT2D eigenvalue weighted by Gasteiger charge is 2.45. The highest BCUT2D eigenvalue weighted by atomic mass is 16.5. The first-order valence-electron chi connectivity index (χ1n) is 12.5. The van der Waals surface area contributed by atoms with Crippen molar-refractivity contribution in [2.45, 2.75) is 90.4 Å². The normalized spacial score (nSPS) is 23.3. The van der Waals surface area contributed by atoms with Gasteiger partial charge in [-0.3, -0.25) is 0 Å². The second-order valence-corrected chi connectivity index (χ2v) is 10.6. The topological polar surface area (TPSA) is 26.3 Å². The van der Waals surface area contributed by atoms with Crippen LogP contribution < -0.4 is 0 Å². The van der Waals surface area contributed by atoms with E-state index >= 15 is 0 Å². The van der Waals surface area contributed by atoms with E-state index in [2.05, 4.69) is 19.1 Å². The van der Waals surface area contributed by atoms with Crippen LogP contribution in [-0.4, -0.2) is 13.1 Å². The summed E-state index contributed by atoms with van der Waals surface area (Å²) in [6.07, 6.45) is 15.5. The standard InChI is InChI=1S/C29H34O2/c1-3-22-23-10-6-4-8-18(23)12-20-14-29(16-25(20)22)15-21-13-19-9-5-7-11-24(19)27(26(21)17-29)28(30)31-2/h12-13H,3-11,14-17H2,1-2H3/t29-/m1/s1. The van der Waals surface area contributed by atoms with Gasteiger partial charge in [-0.2, -0.15) is 0 Å². The second-order valence-electron chi connectivity index (χ2n) is 10.6. The molecule has 162 valence electrons. The zero-order chi connectivity index (χ0) is 21.2. The lowest BCUT2D eigenvalue weighted by atomic mass is 9.80. The van der Waals surface area contributed by atoms with Crippen LogP contribution in [0.4, 0.5) is 0 Å². The second kappa shape index (κ2) is 7.22. The van der Waals surface area contributed by atoms with Crippen LogP contribution in [0.3, 0.4) is 0 Å². The maximum absolute atomic E-state index is 12.9. The highest BCUT2D eigenvalue weighted by molar-refractivity contribution is 5.94. The van der Waals surface area contributed by atoms with Gasteiger partial charge < -0.3 is 4.74 Å². The van der Waals surface area contributed by atoms with Crippen molar-refractivity contribution in [3.63, 3.8) is 0 Å². The molecule has 2 aromatic rings. The van der Waals surface area contributed by atoms with Crippen LogP contribution in [0, 0.1) is 5.41 Å². The average molecular weight is 415 g/mol.